The number of hydrogen-bond acceptors (Lipinski definition) is 6. The summed E-state index contributed by atoms with van der Waals surface area (Å²) < 4.78 is 15.8. The summed E-state index contributed by atoms with van der Waals surface area (Å²) in [7, 11) is 3.07. The van der Waals surface area contributed by atoms with E-state index in [0.717, 1.165) is 39.5 Å². The number of ether oxygens (including phenoxy) is 3. The van der Waals surface area contributed by atoms with E-state index in [1.165, 1.54) is 7.11 Å². The van der Waals surface area contributed by atoms with Crippen molar-refractivity contribution in [1.29, 1.82) is 0 Å². The van der Waals surface area contributed by atoms with Gasteiger partial charge in [0.25, 0.3) is 0 Å². The molecule has 2 aromatic heterocycles. The summed E-state index contributed by atoms with van der Waals surface area (Å²) in [5.74, 6) is 1.14. The molecule has 4 rings (SSSR count). The Morgan fingerprint density at radius 3 is 2.17 bits per heavy atom. The highest BCUT2D eigenvalue weighted by molar-refractivity contribution is 5.76. The van der Waals surface area contributed by atoms with Gasteiger partial charge in [0.1, 0.15) is 18.2 Å². The fourth-order valence-electron chi connectivity index (χ4n) is 3.59. The lowest BCUT2D eigenvalue weighted by molar-refractivity contribution is -0.152. The van der Waals surface area contributed by atoms with Crippen LogP contribution in [-0.2, 0) is 20.9 Å². The smallest absolute Gasteiger partial charge is 0.314 e. The van der Waals surface area contributed by atoms with Gasteiger partial charge in [-0.1, -0.05) is 24.3 Å². The quantitative estimate of drug-likeness (QED) is 0.323. The number of pyridine rings is 1. The summed E-state index contributed by atoms with van der Waals surface area (Å²) in [6.07, 6.45) is 3.64. The third kappa shape index (κ3) is 5.75. The molecule has 0 aliphatic carbocycles. The van der Waals surface area contributed by atoms with Crippen molar-refractivity contribution in [3.05, 3.63) is 78.6 Å². The van der Waals surface area contributed by atoms with Gasteiger partial charge in [-0.15, -0.1) is 0 Å². The van der Waals surface area contributed by atoms with Gasteiger partial charge < -0.3 is 19.2 Å². The average Bonchev–Trinajstić information content (AvgIpc) is 3.38. The zero-order valence-corrected chi connectivity index (χ0v) is 20.4. The Balaban J connectivity index is 1.41. The number of esters is 1. The van der Waals surface area contributed by atoms with Crippen LogP contribution < -0.4 is 4.74 Å². The van der Waals surface area contributed by atoms with Gasteiger partial charge >= 0.3 is 5.97 Å². The molecule has 0 spiro atoms. The summed E-state index contributed by atoms with van der Waals surface area (Å²) in [5.41, 5.74) is 5.12. The third-order valence-electron chi connectivity index (χ3n) is 5.68. The lowest BCUT2D eigenvalue weighted by Crippen LogP contribution is -2.32. The van der Waals surface area contributed by atoms with Crippen molar-refractivity contribution in [2.24, 2.45) is 5.41 Å². The van der Waals surface area contributed by atoms with E-state index in [-0.39, 0.29) is 12.6 Å². The Hall–Kier alpha value is -3.97. The summed E-state index contributed by atoms with van der Waals surface area (Å²) in [6.45, 7) is 4.41. The van der Waals surface area contributed by atoms with Crippen LogP contribution in [-0.4, -0.2) is 41.7 Å². The first kappa shape index (κ1) is 24.2. The van der Waals surface area contributed by atoms with Crippen molar-refractivity contribution in [3.8, 4) is 39.7 Å². The van der Waals surface area contributed by atoms with Crippen molar-refractivity contribution in [2.45, 2.75) is 20.5 Å². The summed E-state index contributed by atoms with van der Waals surface area (Å²) in [4.78, 5) is 24.3. The minimum absolute atomic E-state index is 0.231. The van der Waals surface area contributed by atoms with Crippen molar-refractivity contribution in [2.75, 3.05) is 20.8 Å². The number of rotatable bonds is 9. The van der Waals surface area contributed by atoms with Crippen molar-refractivity contribution >= 4 is 5.97 Å². The molecule has 35 heavy (non-hydrogen) atoms. The van der Waals surface area contributed by atoms with Gasteiger partial charge in [0.15, 0.2) is 0 Å². The topological polar surface area (TPSA) is 86.3 Å². The van der Waals surface area contributed by atoms with Crippen LogP contribution in [0, 0.1) is 5.41 Å². The van der Waals surface area contributed by atoms with Crippen molar-refractivity contribution < 1.29 is 19.0 Å². The molecule has 180 valence electrons. The second-order valence-electron chi connectivity index (χ2n) is 8.90. The van der Waals surface area contributed by atoms with E-state index in [1.54, 1.807) is 21.0 Å². The number of carbonyl (C=O) groups excluding carboxylic acids is 1. The molecular formula is C28H29N3O4. The molecule has 0 amide bonds. The molecule has 0 unspecified atom stereocenters. The maximum absolute atomic E-state index is 11.8. The molecular weight excluding hydrogens is 442 g/mol. The number of nitrogens with zero attached hydrogens (tertiary/aromatic N) is 2. The number of hydrogen-bond donors (Lipinski definition) is 1. The van der Waals surface area contributed by atoms with Crippen LogP contribution in [0.25, 0.3) is 33.9 Å². The molecule has 0 saturated carbocycles. The summed E-state index contributed by atoms with van der Waals surface area (Å²) in [6, 6.07) is 19.8. The highest BCUT2D eigenvalue weighted by Gasteiger charge is 2.29. The molecule has 0 fully saturated rings. The first-order chi connectivity index (χ1) is 16.9. The van der Waals surface area contributed by atoms with Gasteiger partial charge in [0.05, 0.1) is 36.7 Å². The molecule has 0 saturated heterocycles. The van der Waals surface area contributed by atoms with Gasteiger partial charge in [0.2, 0.25) is 0 Å². The van der Waals surface area contributed by atoms with E-state index in [4.69, 9.17) is 14.2 Å². The molecule has 0 atom stereocenters. The summed E-state index contributed by atoms with van der Waals surface area (Å²) >= 11 is 0. The largest absolute Gasteiger partial charge is 0.492 e. The number of imidazole rings is 1. The maximum atomic E-state index is 11.8. The number of nitrogens with one attached hydrogen (secondary N) is 1. The van der Waals surface area contributed by atoms with E-state index in [2.05, 4.69) is 27.1 Å². The Morgan fingerprint density at radius 2 is 1.54 bits per heavy atom. The fraction of sp³-hybridized carbons (Fsp3) is 0.250. The summed E-state index contributed by atoms with van der Waals surface area (Å²) in [5, 5.41) is 0. The van der Waals surface area contributed by atoms with E-state index in [0.29, 0.717) is 12.4 Å². The van der Waals surface area contributed by atoms with E-state index in [9.17, 15) is 4.79 Å². The Bertz CT molecular complexity index is 1260. The number of benzene rings is 2. The van der Waals surface area contributed by atoms with Crippen LogP contribution in [0.15, 0.2) is 73.1 Å². The molecule has 0 bridgehead atoms. The van der Waals surface area contributed by atoms with Crippen LogP contribution in [0.2, 0.25) is 0 Å². The van der Waals surface area contributed by atoms with E-state index >= 15 is 0 Å². The highest BCUT2D eigenvalue weighted by Crippen LogP contribution is 2.26. The predicted octanol–water partition coefficient (Wildman–Crippen LogP) is 5.53. The van der Waals surface area contributed by atoms with Crippen LogP contribution in [0.5, 0.6) is 5.75 Å². The lowest BCUT2D eigenvalue weighted by Gasteiger charge is -2.21. The van der Waals surface area contributed by atoms with Gasteiger partial charge in [-0.25, -0.2) is 4.98 Å². The SMILES string of the molecule is COCc1ccc(-c2cnc(-c3ccc(-c4ccc(OCC(C)(C)C(=O)OC)cc4)nc3)[nH]2)cc1. The minimum atomic E-state index is -0.718. The lowest BCUT2D eigenvalue weighted by atomic mass is 9.95. The van der Waals surface area contributed by atoms with Crippen molar-refractivity contribution in [1.82, 2.24) is 15.0 Å². The number of aromatic amines is 1. The zero-order valence-electron chi connectivity index (χ0n) is 20.4. The van der Waals surface area contributed by atoms with Crippen LogP contribution in [0.4, 0.5) is 0 Å². The highest BCUT2D eigenvalue weighted by atomic mass is 16.5. The Labute approximate surface area is 205 Å². The first-order valence-electron chi connectivity index (χ1n) is 11.3. The number of carbonyl (C=O) groups is 1. The number of methoxy groups -OCH3 is 2. The first-order valence-corrected chi connectivity index (χ1v) is 11.3. The number of aromatic nitrogens is 3. The molecule has 7 heteroatoms. The van der Waals surface area contributed by atoms with Gasteiger partial charge in [-0.3, -0.25) is 9.78 Å². The van der Waals surface area contributed by atoms with Crippen LogP contribution in [0.1, 0.15) is 19.4 Å². The Morgan fingerprint density at radius 1 is 0.857 bits per heavy atom. The molecule has 2 heterocycles. The van der Waals surface area contributed by atoms with Gasteiger partial charge in [-0.05, 0) is 61.4 Å². The molecule has 1 N–H and O–H groups in total. The second-order valence-corrected chi connectivity index (χ2v) is 8.90. The Kier molecular flexibility index (Phi) is 7.27. The molecule has 4 aromatic rings. The van der Waals surface area contributed by atoms with Crippen LogP contribution in [0.3, 0.4) is 0 Å². The van der Waals surface area contributed by atoms with Crippen molar-refractivity contribution in [3.63, 3.8) is 0 Å². The zero-order chi connectivity index (χ0) is 24.8. The predicted molar refractivity (Wildman–Crippen MR) is 135 cm³/mol. The standard InChI is InChI=1S/C28H29N3O4/c1-28(2,27(32)34-4)18-35-23-12-9-20(10-13-23)24-14-11-22(15-29-24)26-30-16-25(31-26)21-7-5-19(6-8-21)17-33-3/h5-16H,17-18H2,1-4H3,(H,30,31). The van der Waals surface area contributed by atoms with Gasteiger partial charge in [0, 0.05) is 24.4 Å². The molecule has 0 radical (unpaired) electrons. The molecule has 0 aliphatic heterocycles. The maximum Gasteiger partial charge on any atom is 0.314 e. The fourth-order valence-corrected chi connectivity index (χ4v) is 3.59. The van der Waals surface area contributed by atoms with E-state index < -0.39 is 5.41 Å². The monoisotopic (exact) mass is 471 g/mol. The third-order valence-corrected chi connectivity index (χ3v) is 5.68. The van der Waals surface area contributed by atoms with E-state index in [1.807, 2.05) is 60.9 Å². The van der Waals surface area contributed by atoms with Gasteiger partial charge in [-0.2, -0.15) is 0 Å². The normalized spacial score (nSPS) is 11.3. The molecule has 2 aromatic carbocycles. The molecule has 0 aliphatic rings. The minimum Gasteiger partial charge on any atom is -0.492 e. The number of H-pyrrole nitrogens is 1. The second kappa shape index (κ2) is 10.5. The molecule has 7 nitrogen and oxygen atoms in total. The van der Waals surface area contributed by atoms with Crippen LogP contribution >= 0.6 is 0 Å². The average molecular weight is 472 g/mol.